The van der Waals surface area contributed by atoms with Gasteiger partial charge in [0.15, 0.2) is 5.70 Å². The van der Waals surface area contributed by atoms with E-state index in [-0.39, 0.29) is 33.8 Å². The monoisotopic (exact) mass is 453 g/mol. The molecule has 160 valence electrons. The fraction of sp³-hybridized carbons (Fsp3) is 0.0476. The third kappa shape index (κ3) is 3.98. The summed E-state index contributed by atoms with van der Waals surface area (Å²) in [6.07, 6.45) is 1.37. The minimum absolute atomic E-state index is 0.0180. The first kappa shape index (κ1) is 20.9. The Kier molecular flexibility index (Phi) is 5.29. The Bertz CT molecular complexity index is 1360. The van der Waals surface area contributed by atoms with Crippen LogP contribution in [-0.2, 0) is 9.53 Å². The lowest BCUT2D eigenvalue weighted by atomic mass is 10.1. The van der Waals surface area contributed by atoms with Gasteiger partial charge < -0.3 is 9.15 Å². The number of cyclic esters (lactones) is 1. The van der Waals surface area contributed by atoms with Crippen molar-refractivity contribution in [1.82, 2.24) is 0 Å². The van der Waals surface area contributed by atoms with Gasteiger partial charge in [-0.25, -0.2) is 9.79 Å². The van der Waals surface area contributed by atoms with Crippen molar-refractivity contribution in [2.24, 2.45) is 4.99 Å². The average molecular weight is 454 g/mol. The summed E-state index contributed by atoms with van der Waals surface area (Å²) in [5.41, 5.74) is 1.04. The highest BCUT2D eigenvalue weighted by molar-refractivity contribution is 6.33. The number of nitro groups is 2. The van der Waals surface area contributed by atoms with Crippen LogP contribution in [-0.4, -0.2) is 21.7 Å². The fourth-order valence-electron chi connectivity index (χ4n) is 3.05. The van der Waals surface area contributed by atoms with Crippen molar-refractivity contribution in [2.45, 2.75) is 6.92 Å². The van der Waals surface area contributed by atoms with Crippen molar-refractivity contribution in [2.75, 3.05) is 0 Å². The average Bonchev–Trinajstić information content (AvgIpc) is 3.34. The van der Waals surface area contributed by atoms with Crippen LogP contribution in [0.2, 0.25) is 5.02 Å². The maximum Gasteiger partial charge on any atom is 0.363 e. The van der Waals surface area contributed by atoms with Gasteiger partial charge in [0.05, 0.1) is 14.9 Å². The highest BCUT2D eigenvalue weighted by atomic mass is 35.5. The Labute approximate surface area is 184 Å². The molecule has 32 heavy (non-hydrogen) atoms. The van der Waals surface area contributed by atoms with Gasteiger partial charge in [-0.2, -0.15) is 0 Å². The molecule has 11 heteroatoms. The van der Waals surface area contributed by atoms with E-state index in [0.29, 0.717) is 22.5 Å². The van der Waals surface area contributed by atoms with Gasteiger partial charge in [0, 0.05) is 41.0 Å². The highest BCUT2D eigenvalue weighted by Crippen LogP contribution is 2.33. The van der Waals surface area contributed by atoms with Gasteiger partial charge in [0.1, 0.15) is 11.5 Å². The van der Waals surface area contributed by atoms with Crippen molar-refractivity contribution in [1.29, 1.82) is 0 Å². The Hall–Kier alpha value is -4.31. The minimum atomic E-state index is -0.706. The number of nitro benzene ring substituents is 2. The number of carbonyl (C=O) groups excluding carboxylic acids is 1. The number of rotatable bonds is 5. The summed E-state index contributed by atoms with van der Waals surface area (Å²) in [4.78, 5) is 37.1. The van der Waals surface area contributed by atoms with Crippen LogP contribution in [0.4, 0.5) is 11.4 Å². The molecule has 0 atom stereocenters. The maximum atomic E-state index is 12.2. The Morgan fingerprint density at radius 2 is 1.81 bits per heavy atom. The second-order valence-corrected chi connectivity index (χ2v) is 7.12. The summed E-state index contributed by atoms with van der Waals surface area (Å²) >= 11 is 6.12. The number of benzene rings is 2. The van der Waals surface area contributed by atoms with Gasteiger partial charge in [-0.15, -0.1) is 0 Å². The zero-order chi connectivity index (χ0) is 23.0. The predicted octanol–water partition coefficient (Wildman–Crippen LogP) is 5.07. The van der Waals surface area contributed by atoms with Crippen LogP contribution in [0.15, 0.2) is 63.6 Å². The summed E-state index contributed by atoms with van der Waals surface area (Å²) in [7, 11) is 0. The summed E-state index contributed by atoms with van der Waals surface area (Å²) in [6, 6.07) is 11.4. The molecular formula is C21H12ClN3O7. The molecule has 0 radical (unpaired) electrons. The van der Waals surface area contributed by atoms with E-state index in [1.54, 1.807) is 19.1 Å². The molecule has 0 fully saturated rings. The normalized spacial score (nSPS) is 14.4. The standard InChI is InChI=1S/C21H12ClN3O7/c1-11-8-12(2-6-18(11)25(29)30)20-23-17(21(26)32-20)10-14-4-7-19(31-14)15-5-3-13(24(27)28)9-16(15)22/h2-10H,1H3/b17-10-. The molecule has 0 unspecified atom stereocenters. The van der Waals surface area contributed by atoms with Crippen LogP contribution in [0.1, 0.15) is 16.9 Å². The molecule has 3 aromatic rings. The molecule has 0 aliphatic carbocycles. The van der Waals surface area contributed by atoms with E-state index < -0.39 is 15.8 Å². The number of furan rings is 1. The first-order valence-electron chi connectivity index (χ1n) is 9.05. The van der Waals surface area contributed by atoms with Crippen molar-refractivity contribution in [3.05, 3.63) is 96.4 Å². The molecule has 1 aromatic heterocycles. The molecular weight excluding hydrogens is 442 g/mol. The third-order valence-electron chi connectivity index (χ3n) is 4.60. The quantitative estimate of drug-likeness (QED) is 0.227. The van der Waals surface area contributed by atoms with Crippen LogP contribution in [0.3, 0.4) is 0 Å². The molecule has 0 spiro atoms. The zero-order valence-electron chi connectivity index (χ0n) is 16.3. The second kappa shape index (κ2) is 8.08. The lowest BCUT2D eigenvalue weighted by Gasteiger charge is -2.01. The van der Waals surface area contributed by atoms with E-state index in [1.165, 1.54) is 42.5 Å². The van der Waals surface area contributed by atoms with Gasteiger partial charge in [-0.05, 0) is 37.3 Å². The van der Waals surface area contributed by atoms with Crippen molar-refractivity contribution in [3.8, 4) is 11.3 Å². The van der Waals surface area contributed by atoms with Crippen molar-refractivity contribution < 1.29 is 23.8 Å². The first-order chi connectivity index (χ1) is 15.2. The summed E-state index contributed by atoms with van der Waals surface area (Å²) in [6.45, 7) is 1.57. The van der Waals surface area contributed by atoms with E-state index in [2.05, 4.69) is 4.99 Å². The molecule has 1 aliphatic heterocycles. The smallest absolute Gasteiger partial charge is 0.363 e. The Morgan fingerprint density at radius 1 is 1.03 bits per heavy atom. The topological polar surface area (TPSA) is 138 Å². The number of nitrogens with zero attached hydrogens (tertiary/aromatic N) is 3. The number of esters is 1. The van der Waals surface area contributed by atoms with E-state index >= 15 is 0 Å². The summed E-state index contributed by atoms with van der Waals surface area (Å²) < 4.78 is 10.9. The molecule has 0 amide bonds. The number of aliphatic imine (C=N–C) groups is 1. The number of ether oxygens (including phenoxy) is 1. The van der Waals surface area contributed by atoms with Gasteiger partial charge >= 0.3 is 5.97 Å². The third-order valence-corrected chi connectivity index (χ3v) is 4.91. The molecule has 4 rings (SSSR count). The predicted molar refractivity (Wildman–Crippen MR) is 114 cm³/mol. The first-order valence-corrected chi connectivity index (χ1v) is 9.43. The molecule has 10 nitrogen and oxygen atoms in total. The molecule has 1 aliphatic rings. The van der Waals surface area contributed by atoms with E-state index in [1.807, 2.05) is 0 Å². The van der Waals surface area contributed by atoms with E-state index in [0.717, 1.165) is 0 Å². The lowest BCUT2D eigenvalue weighted by molar-refractivity contribution is -0.385. The molecule has 2 aromatic carbocycles. The van der Waals surface area contributed by atoms with Crippen molar-refractivity contribution in [3.63, 3.8) is 0 Å². The number of non-ortho nitro benzene ring substituents is 1. The highest BCUT2D eigenvalue weighted by Gasteiger charge is 2.26. The number of halogens is 1. The number of carbonyl (C=O) groups is 1. The van der Waals surface area contributed by atoms with E-state index in [9.17, 15) is 25.0 Å². The molecule has 0 saturated carbocycles. The zero-order valence-corrected chi connectivity index (χ0v) is 17.0. The summed E-state index contributed by atoms with van der Waals surface area (Å²) in [5.74, 6) is -0.0590. The van der Waals surface area contributed by atoms with Crippen molar-refractivity contribution >= 4 is 40.9 Å². The van der Waals surface area contributed by atoms with Crippen LogP contribution in [0.25, 0.3) is 17.4 Å². The SMILES string of the molecule is Cc1cc(C2=N/C(=C\c3ccc(-c4ccc([N+](=O)[O-])cc4Cl)o3)C(=O)O2)ccc1[N+](=O)[O-]. The molecule has 0 bridgehead atoms. The van der Waals surface area contributed by atoms with Crippen LogP contribution >= 0.6 is 11.6 Å². The van der Waals surface area contributed by atoms with Gasteiger partial charge in [0.2, 0.25) is 5.90 Å². The Balaban J connectivity index is 1.61. The maximum absolute atomic E-state index is 12.2. The minimum Gasteiger partial charge on any atom is -0.457 e. The van der Waals surface area contributed by atoms with Gasteiger partial charge in [0.25, 0.3) is 11.4 Å². The second-order valence-electron chi connectivity index (χ2n) is 6.72. The van der Waals surface area contributed by atoms with Gasteiger partial charge in [-0.3, -0.25) is 20.2 Å². The molecule has 0 saturated heterocycles. The Morgan fingerprint density at radius 3 is 2.47 bits per heavy atom. The number of hydrogen-bond donors (Lipinski definition) is 0. The fourth-order valence-corrected chi connectivity index (χ4v) is 3.32. The number of aryl methyl sites for hydroxylation is 1. The number of hydrogen-bond acceptors (Lipinski definition) is 8. The summed E-state index contributed by atoms with van der Waals surface area (Å²) in [5, 5.41) is 22.0. The van der Waals surface area contributed by atoms with Crippen LogP contribution in [0.5, 0.6) is 0 Å². The van der Waals surface area contributed by atoms with E-state index in [4.69, 9.17) is 20.8 Å². The van der Waals surface area contributed by atoms with Crippen LogP contribution in [0, 0.1) is 27.2 Å². The largest absolute Gasteiger partial charge is 0.457 e. The molecule has 0 N–H and O–H groups in total. The molecule has 2 heterocycles. The van der Waals surface area contributed by atoms with Crippen LogP contribution < -0.4 is 0 Å². The van der Waals surface area contributed by atoms with Gasteiger partial charge in [-0.1, -0.05) is 11.6 Å². The lowest BCUT2D eigenvalue weighted by Crippen LogP contribution is -2.06.